The normalized spacial score (nSPS) is 14.4. The first-order valence-electron chi connectivity index (χ1n) is 40.7. The molecule has 0 saturated heterocycles. The number of aryl methyl sites for hydroxylation is 2. The summed E-state index contributed by atoms with van der Waals surface area (Å²) >= 11 is 0. The van der Waals surface area contributed by atoms with Gasteiger partial charge in [-0.2, -0.15) is 0 Å². The second-order valence-corrected chi connectivity index (χ2v) is 41.2. The van der Waals surface area contributed by atoms with Gasteiger partial charge >= 0.3 is 0 Å². The fourth-order valence-corrected chi connectivity index (χ4v) is 18.0. The summed E-state index contributed by atoms with van der Waals surface area (Å²) in [6.07, 6.45) is 0. The van der Waals surface area contributed by atoms with Gasteiger partial charge in [0.05, 0.1) is 101 Å². The van der Waals surface area contributed by atoms with Crippen LogP contribution in [0.15, 0.2) is 182 Å². The minimum absolute atomic E-state index is 0.167. The molecule has 10 heteroatoms. The Morgan fingerprint density at radius 3 is 0.456 bits per heavy atom. The van der Waals surface area contributed by atoms with Gasteiger partial charge in [0.15, 0.2) is 0 Å². The Balaban J connectivity index is 0.891. The lowest BCUT2D eigenvalue weighted by atomic mass is 9.85. The van der Waals surface area contributed by atoms with Gasteiger partial charge in [0.1, 0.15) is 0 Å². The van der Waals surface area contributed by atoms with Crippen LogP contribution < -0.4 is 9.80 Å². The molecule has 0 spiro atoms. The van der Waals surface area contributed by atoms with E-state index >= 15 is 19.2 Å². The van der Waals surface area contributed by atoms with E-state index in [1.165, 1.54) is 54.3 Å². The first-order chi connectivity index (χ1) is 53.1. The molecule has 2 aliphatic heterocycles. The van der Waals surface area contributed by atoms with Gasteiger partial charge < -0.3 is 18.3 Å². The third kappa shape index (κ3) is 11.6. The quantitative estimate of drug-likeness (QED) is 0.155. The van der Waals surface area contributed by atoms with Crippen LogP contribution in [0.25, 0.3) is 110 Å². The van der Waals surface area contributed by atoms with E-state index < -0.39 is 23.6 Å². The Morgan fingerprint density at radius 2 is 0.325 bits per heavy atom. The van der Waals surface area contributed by atoms with Crippen LogP contribution in [-0.4, -0.2) is 41.9 Å². The maximum Gasteiger partial charge on any atom is 0.268 e. The van der Waals surface area contributed by atoms with E-state index in [-0.39, 0.29) is 65.6 Å². The number of imide groups is 2. The van der Waals surface area contributed by atoms with E-state index in [2.05, 4.69) is 330 Å². The van der Waals surface area contributed by atoms with Crippen molar-refractivity contribution in [2.24, 2.45) is 0 Å². The number of hydrogen-bond donors (Lipinski definition) is 0. The van der Waals surface area contributed by atoms with Crippen molar-refractivity contribution < 1.29 is 19.2 Å². The molecule has 114 heavy (non-hydrogen) atoms. The standard InChI is InChI=1S/C104H108N6O4/c1-57-47-88(110-95(113)91-85(107-79-39-31-63(101(15,16)17)53-71(79)72-54-64(102(18,19)20)32-40-80(72)107)45-46-86(92(91)96(110)114)108-81-41-33-65(103(21,22)23)55-73(81)74-56-66(104(24,25)26)34-42-82(74)108)58(2)48-87(57)109-93(111)89-83(105-75-35-27-59(97(3,4)5)49-67(75)68-50-60(98(6,7)8)28-36-76(68)105)43-44-84(90(89)94(109)112)106-77-37-29-61(99(9,10)11)51-69(77)70-52-62(100(12,13)14)30-38-78(70)106/h27-56H,1-26H3. The number of rotatable bonds is 6. The van der Waals surface area contributed by atoms with Crippen LogP contribution in [0.3, 0.4) is 0 Å². The zero-order valence-electron chi connectivity index (χ0n) is 71.6. The minimum Gasteiger partial charge on any atom is -0.308 e. The third-order valence-corrected chi connectivity index (χ3v) is 24.9. The Kier molecular flexibility index (Phi) is 16.4. The summed E-state index contributed by atoms with van der Waals surface area (Å²) in [7, 11) is 0. The summed E-state index contributed by atoms with van der Waals surface area (Å²) in [6.45, 7) is 57.4. The van der Waals surface area contributed by atoms with Crippen LogP contribution in [0.5, 0.6) is 0 Å². The highest BCUT2D eigenvalue weighted by Crippen LogP contribution is 2.50. The molecule has 4 aromatic heterocycles. The second kappa shape index (κ2) is 24.7. The minimum atomic E-state index is -0.485. The van der Waals surface area contributed by atoms with Crippen molar-refractivity contribution in [2.75, 3.05) is 9.80 Å². The van der Waals surface area contributed by atoms with Crippen molar-refractivity contribution >= 4 is 122 Å². The Labute approximate surface area is 671 Å². The number of carbonyl (C=O) groups is 4. The van der Waals surface area contributed by atoms with Crippen molar-refractivity contribution in [2.45, 2.75) is 223 Å². The molecule has 0 bridgehead atoms. The zero-order chi connectivity index (χ0) is 81.8. The van der Waals surface area contributed by atoms with Gasteiger partial charge in [0, 0.05) is 43.1 Å². The van der Waals surface area contributed by atoms with E-state index in [1.807, 2.05) is 50.2 Å². The molecular formula is C104H108N6O4. The van der Waals surface area contributed by atoms with Gasteiger partial charge in [-0.05, 0) is 246 Å². The van der Waals surface area contributed by atoms with Gasteiger partial charge in [-0.3, -0.25) is 19.2 Å². The van der Waals surface area contributed by atoms with E-state index in [4.69, 9.17) is 0 Å². The lowest BCUT2D eigenvalue weighted by Crippen LogP contribution is -2.32. The molecule has 0 fully saturated rings. The SMILES string of the molecule is Cc1cc(N2C(=O)c3c(-n4c5ccc(C(C)(C)C)cc5c5cc(C(C)(C)C)ccc54)ccc(-n4c5ccc(C(C)(C)C)cc5c5cc(C(C)(C)C)ccc54)c3C2=O)c(C)cc1N1C(=O)c2c(-n3c4ccc(C(C)(C)C)cc4c4cc(C(C)(C)C)ccc43)ccc(-n3c4ccc(C(C)(C)C)cc4c4cc(C(C)(C)C)ccc43)c2C1=O. The van der Waals surface area contributed by atoms with Crippen LogP contribution in [0.1, 0.15) is 263 Å². The van der Waals surface area contributed by atoms with Crippen molar-refractivity contribution in [1.82, 2.24) is 18.3 Å². The van der Waals surface area contributed by atoms with Crippen LogP contribution in [0.2, 0.25) is 0 Å². The lowest BCUT2D eigenvalue weighted by Gasteiger charge is -2.23. The smallest absolute Gasteiger partial charge is 0.268 e. The van der Waals surface area contributed by atoms with Crippen LogP contribution in [-0.2, 0) is 43.3 Å². The van der Waals surface area contributed by atoms with Gasteiger partial charge in [-0.25, -0.2) is 9.80 Å². The molecule has 15 aromatic rings. The van der Waals surface area contributed by atoms with E-state index in [9.17, 15) is 0 Å². The predicted octanol–water partition coefficient (Wildman–Crippen LogP) is 26.7. The Hall–Kier alpha value is -11.1. The largest absolute Gasteiger partial charge is 0.308 e. The molecule has 0 aliphatic carbocycles. The van der Waals surface area contributed by atoms with Gasteiger partial charge in [-0.15, -0.1) is 0 Å². The molecule has 11 aromatic carbocycles. The monoisotopic (exact) mass is 1500 g/mol. The van der Waals surface area contributed by atoms with Crippen LogP contribution in [0, 0.1) is 13.8 Å². The Bertz CT molecular complexity index is 5720. The average Bonchev–Trinajstić information content (AvgIpc) is 1.55. The van der Waals surface area contributed by atoms with Crippen molar-refractivity contribution in [3.63, 3.8) is 0 Å². The number of aromatic nitrogens is 4. The summed E-state index contributed by atoms with van der Waals surface area (Å²) in [5, 5.41) is 8.41. The molecule has 0 atom stereocenters. The summed E-state index contributed by atoms with van der Waals surface area (Å²) in [4.78, 5) is 70.2. The molecule has 0 saturated carbocycles. The number of anilines is 2. The Morgan fingerprint density at radius 1 is 0.184 bits per heavy atom. The highest BCUT2D eigenvalue weighted by atomic mass is 16.2. The number of carbonyl (C=O) groups excluding carboxylic acids is 4. The summed E-state index contributed by atoms with van der Waals surface area (Å²) in [5.41, 5.74) is 20.5. The summed E-state index contributed by atoms with van der Waals surface area (Å²) < 4.78 is 8.78. The number of amides is 4. The molecule has 0 unspecified atom stereocenters. The fourth-order valence-electron chi connectivity index (χ4n) is 18.0. The van der Waals surface area contributed by atoms with Crippen molar-refractivity contribution in [1.29, 1.82) is 0 Å². The van der Waals surface area contributed by atoms with E-state index in [0.717, 1.165) is 87.2 Å². The molecule has 2 aliphatic rings. The molecule has 4 amide bonds. The highest BCUT2D eigenvalue weighted by molar-refractivity contribution is 6.39. The maximum atomic E-state index is 16.9. The molecule has 10 nitrogen and oxygen atoms in total. The fraction of sp³-hybridized carbons (Fsp3) is 0.327. The predicted molar refractivity (Wildman–Crippen MR) is 478 cm³/mol. The van der Waals surface area contributed by atoms with Gasteiger partial charge in [0.25, 0.3) is 23.6 Å². The topological polar surface area (TPSA) is 94.5 Å². The lowest BCUT2D eigenvalue weighted by molar-refractivity contribution is 0.0909. The first kappa shape index (κ1) is 75.6. The third-order valence-electron chi connectivity index (χ3n) is 24.9. The first-order valence-corrected chi connectivity index (χ1v) is 40.7. The molecule has 0 radical (unpaired) electrons. The molecule has 578 valence electrons. The number of hydrogen-bond acceptors (Lipinski definition) is 4. The number of nitrogens with zero attached hydrogens (tertiary/aromatic N) is 6. The molecule has 17 rings (SSSR count). The van der Waals surface area contributed by atoms with Gasteiger partial charge in [0.2, 0.25) is 0 Å². The summed E-state index contributed by atoms with van der Waals surface area (Å²) in [6, 6.07) is 65.3. The average molecular weight is 1510 g/mol. The van der Waals surface area contributed by atoms with Crippen LogP contribution in [0.4, 0.5) is 11.4 Å². The van der Waals surface area contributed by atoms with E-state index in [1.54, 1.807) is 0 Å². The maximum absolute atomic E-state index is 16.9. The molecule has 6 heterocycles. The molecular weight excluding hydrogens is 1400 g/mol. The highest BCUT2D eigenvalue weighted by Gasteiger charge is 2.47. The summed E-state index contributed by atoms with van der Waals surface area (Å²) in [5.74, 6) is -1.94. The molecule has 0 N–H and O–H groups in total. The zero-order valence-corrected chi connectivity index (χ0v) is 71.6. The van der Waals surface area contributed by atoms with Gasteiger partial charge in [-0.1, -0.05) is 215 Å². The number of benzene rings is 11. The van der Waals surface area contributed by atoms with E-state index in [0.29, 0.717) is 45.3 Å². The van der Waals surface area contributed by atoms with Crippen LogP contribution >= 0.6 is 0 Å². The van der Waals surface area contributed by atoms with Crippen molar-refractivity contribution in [3.05, 3.63) is 260 Å². The number of fused-ring (bicyclic) bond motifs is 14. The van der Waals surface area contributed by atoms with Crippen molar-refractivity contribution in [3.8, 4) is 22.7 Å². The second-order valence-electron chi connectivity index (χ2n) is 41.2.